The molecule has 0 aliphatic heterocycles. The third kappa shape index (κ3) is 5.49. The highest BCUT2D eigenvalue weighted by molar-refractivity contribution is 5.38. The van der Waals surface area contributed by atoms with E-state index in [0.29, 0.717) is 18.5 Å². The molecule has 0 fully saturated rings. The van der Waals surface area contributed by atoms with Crippen LogP contribution < -0.4 is 15.4 Å². The van der Waals surface area contributed by atoms with Crippen LogP contribution in [0.1, 0.15) is 26.6 Å². The lowest BCUT2D eigenvalue weighted by Crippen LogP contribution is -2.28. The molecule has 17 heavy (non-hydrogen) atoms. The number of hydrogen-bond acceptors (Lipinski definition) is 5. The van der Waals surface area contributed by atoms with Crippen molar-refractivity contribution in [3.63, 3.8) is 0 Å². The molecule has 1 rings (SSSR count). The molecule has 0 aromatic carbocycles. The molecule has 1 heterocycles. The fraction of sp³-hybridized carbons (Fsp3) is 0.667. The molecule has 5 heteroatoms. The van der Waals surface area contributed by atoms with Gasteiger partial charge in [0.1, 0.15) is 11.6 Å². The summed E-state index contributed by atoms with van der Waals surface area (Å²) in [5.41, 5.74) is 0. The van der Waals surface area contributed by atoms with Crippen molar-refractivity contribution in [1.29, 1.82) is 0 Å². The van der Waals surface area contributed by atoms with E-state index in [9.17, 15) is 0 Å². The van der Waals surface area contributed by atoms with Gasteiger partial charge in [0.15, 0.2) is 0 Å². The van der Waals surface area contributed by atoms with Crippen molar-refractivity contribution in [2.75, 3.05) is 25.0 Å². The number of aryl methyl sites for hydroxylation is 1. The van der Waals surface area contributed by atoms with Gasteiger partial charge in [0, 0.05) is 25.2 Å². The minimum Gasteiger partial charge on any atom is -0.478 e. The smallest absolute Gasteiger partial charge is 0.218 e. The van der Waals surface area contributed by atoms with Crippen LogP contribution in [-0.4, -0.2) is 35.7 Å². The number of nitrogens with zero attached hydrogens (tertiary/aromatic N) is 2. The second kappa shape index (κ2) is 7.06. The maximum atomic E-state index is 5.37. The SMILES string of the molecule is CCOc1cc(NCCNC(C)C)nc(C)n1. The van der Waals surface area contributed by atoms with Crippen LogP contribution >= 0.6 is 0 Å². The summed E-state index contributed by atoms with van der Waals surface area (Å²) in [6, 6.07) is 2.33. The first-order valence-electron chi connectivity index (χ1n) is 6.07. The normalized spacial score (nSPS) is 10.6. The number of hydrogen-bond donors (Lipinski definition) is 2. The first-order chi connectivity index (χ1) is 8.11. The summed E-state index contributed by atoms with van der Waals surface area (Å²) < 4.78 is 5.37. The largest absolute Gasteiger partial charge is 0.478 e. The first-order valence-corrected chi connectivity index (χ1v) is 6.07. The van der Waals surface area contributed by atoms with Gasteiger partial charge >= 0.3 is 0 Å². The second-order valence-electron chi connectivity index (χ2n) is 4.11. The zero-order valence-corrected chi connectivity index (χ0v) is 11.1. The molecule has 0 amide bonds. The standard InChI is InChI=1S/C12H22N4O/c1-5-17-12-8-11(15-10(4)16-12)14-7-6-13-9(2)3/h8-9,13H,5-7H2,1-4H3,(H,14,15,16). The summed E-state index contributed by atoms with van der Waals surface area (Å²) in [7, 11) is 0. The number of nitrogens with one attached hydrogen (secondary N) is 2. The zero-order valence-electron chi connectivity index (χ0n) is 11.1. The predicted molar refractivity (Wildman–Crippen MR) is 69.6 cm³/mol. The van der Waals surface area contributed by atoms with Crippen molar-refractivity contribution >= 4 is 5.82 Å². The van der Waals surface area contributed by atoms with E-state index in [4.69, 9.17) is 4.74 Å². The van der Waals surface area contributed by atoms with Gasteiger partial charge in [-0.25, -0.2) is 4.98 Å². The molecule has 2 N–H and O–H groups in total. The van der Waals surface area contributed by atoms with E-state index >= 15 is 0 Å². The lowest BCUT2D eigenvalue weighted by Gasteiger charge is -2.10. The number of aromatic nitrogens is 2. The van der Waals surface area contributed by atoms with Gasteiger partial charge in [-0.2, -0.15) is 4.98 Å². The monoisotopic (exact) mass is 238 g/mol. The van der Waals surface area contributed by atoms with E-state index in [1.165, 1.54) is 0 Å². The second-order valence-corrected chi connectivity index (χ2v) is 4.11. The van der Waals surface area contributed by atoms with Gasteiger partial charge in [-0.15, -0.1) is 0 Å². The highest BCUT2D eigenvalue weighted by Crippen LogP contribution is 2.12. The molecule has 0 bridgehead atoms. The fourth-order valence-electron chi connectivity index (χ4n) is 1.40. The lowest BCUT2D eigenvalue weighted by atomic mass is 10.4. The van der Waals surface area contributed by atoms with E-state index in [1.807, 2.05) is 19.9 Å². The average molecular weight is 238 g/mol. The molecular weight excluding hydrogens is 216 g/mol. The Bertz CT molecular complexity index is 341. The van der Waals surface area contributed by atoms with Crippen molar-refractivity contribution in [2.24, 2.45) is 0 Å². The van der Waals surface area contributed by atoms with Crippen molar-refractivity contribution in [2.45, 2.75) is 33.7 Å². The van der Waals surface area contributed by atoms with Gasteiger partial charge in [0.25, 0.3) is 0 Å². The maximum absolute atomic E-state index is 5.37. The third-order valence-corrected chi connectivity index (χ3v) is 2.09. The topological polar surface area (TPSA) is 59.1 Å². The lowest BCUT2D eigenvalue weighted by molar-refractivity contribution is 0.325. The first kappa shape index (κ1) is 13.7. The molecule has 0 aliphatic carbocycles. The number of anilines is 1. The van der Waals surface area contributed by atoms with E-state index < -0.39 is 0 Å². The molecule has 0 aliphatic rings. The van der Waals surface area contributed by atoms with Crippen molar-refractivity contribution < 1.29 is 4.74 Å². The molecule has 0 atom stereocenters. The Kier molecular flexibility index (Phi) is 5.69. The zero-order chi connectivity index (χ0) is 12.7. The molecule has 0 saturated carbocycles. The minimum atomic E-state index is 0.503. The van der Waals surface area contributed by atoms with Crippen LogP contribution in [0.3, 0.4) is 0 Å². The van der Waals surface area contributed by atoms with Crippen LogP contribution in [0.15, 0.2) is 6.07 Å². The van der Waals surface area contributed by atoms with Crippen LogP contribution in [-0.2, 0) is 0 Å². The van der Waals surface area contributed by atoms with E-state index in [2.05, 4.69) is 34.4 Å². The maximum Gasteiger partial charge on any atom is 0.218 e. The Morgan fingerprint density at radius 2 is 2.06 bits per heavy atom. The Morgan fingerprint density at radius 1 is 1.29 bits per heavy atom. The Morgan fingerprint density at radius 3 is 2.71 bits per heavy atom. The average Bonchev–Trinajstić information content (AvgIpc) is 2.24. The molecule has 0 spiro atoms. The third-order valence-electron chi connectivity index (χ3n) is 2.09. The summed E-state index contributed by atoms with van der Waals surface area (Å²) in [4.78, 5) is 8.49. The highest BCUT2D eigenvalue weighted by Gasteiger charge is 2.01. The Hall–Kier alpha value is -1.36. The number of ether oxygens (including phenoxy) is 1. The molecule has 96 valence electrons. The quantitative estimate of drug-likeness (QED) is 0.706. The molecule has 0 saturated heterocycles. The molecule has 1 aromatic rings. The van der Waals surface area contributed by atoms with Crippen molar-refractivity contribution in [3.05, 3.63) is 11.9 Å². The van der Waals surface area contributed by atoms with E-state index in [0.717, 1.165) is 24.7 Å². The molecule has 5 nitrogen and oxygen atoms in total. The summed E-state index contributed by atoms with van der Waals surface area (Å²) in [6.45, 7) is 10.4. The van der Waals surface area contributed by atoms with Crippen LogP contribution in [0.2, 0.25) is 0 Å². The van der Waals surface area contributed by atoms with Crippen LogP contribution in [0.25, 0.3) is 0 Å². The fourth-order valence-corrected chi connectivity index (χ4v) is 1.40. The van der Waals surface area contributed by atoms with E-state index in [1.54, 1.807) is 0 Å². The van der Waals surface area contributed by atoms with Crippen LogP contribution in [0.5, 0.6) is 5.88 Å². The highest BCUT2D eigenvalue weighted by atomic mass is 16.5. The Balaban J connectivity index is 2.46. The van der Waals surface area contributed by atoms with Gasteiger partial charge < -0.3 is 15.4 Å². The van der Waals surface area contributed by atoms with Crippen molar-refractivity contribution in [3.8, 4) is 5.88 Å². The molecule has 0 unspecified atom stereocenters. The number of rotatable bonds is 7. The van der Waals surface area contributed by atoms with Gasteiger partial charge in [0.05, 0.1) is 6.61 Å². The summed E-state index contributed by atoms with van der Waals surface area (Å²) >= 11 is 0. The minimum absolute atomic E-state index is 0.503. The van der Waals surface area contributed by atoms with Gasteiger partial charge in [0.2, 0.25) is 5.88 Å². The Labute approximate surface area is 103 Å². The summed E-state index contributed by atoms with van der Waals surface area (Å²) in [5, 5.41) is 6.58. The van der Waals surface area contributed by atoms with Gasteiger partial charge in [-0.1, -0.05) is 13.8 Å². The summed E-state index contributed by atoms with van der Waals surface area (Å²) in [5.74, 6) is 2.15. The molecule has 1 aromatic heterocycles. The van der Waals surface area contributed by atoms with Gasteiger partial charge in [-0.3, -0.25) is 0 Å². The molecular formula is C12H22N4O. The van der Waals surface area contributed by atoms with Crippen molar-refractivity contribution in [1.82, 2.24) is 15.3 Å². The summed E-state index contributed by atoms with van der Waals surface area (Å²) in [6.07, 6.45) is 0. The predicted octanol–water partition coefficient (Wildman–Crippen LogP) is 1.59. The molecule has 0 radical (unpaired) electrons. The van der Waals surface area contributed by atoms with E-state index in [-0.39, 0.29) is 0 Å². The van der Waals surface area contributed by atoms with Crippen LogP contribution in [0, 0.1) is 6.92 Å². The van der Waals surface area contributed by atoms with Gasteiger partial charge in [-0.05, 0) is 13.8 Å². The van der Waals surface area contributed by atoms with Crippen LogP contribution in [0.4, 0.5) is 5.82 Å².